The van der Waals surface area contributed by atoms with Gasteiger partial charge in [0.25, 0.3) is 0 Å². The van der Waals surface area contributed by atoms with Gasteiger partial charge in [-0.2, -0.15) is 0 Å². The third-order valence-electron chi connectivity index (χ3n) is 3.15. The molecule has 0 saturated carbocycles. The Morgan fingerprint density at radius 3 is 3.00 bits per heavy atom. The number of nitrogens with two attached hydrogens (primary N) is 1. The third-order valence-corrected chi connectivity index (χ3v) is 3.15. The minimum atomic E-state index is 0.382. The number of aryl methyl sites for hydroxylation is 1. The predicted molar refractivity (Wildman–Crippen MR) is 66.7 cm³/mol. The summed E-state index contributed by atoms with van der Waals surface area (Å²) in [6.07, 6.45) is 1.87. The minimum Gasteiger partial charge on any atom is -0.350 e. The first-order valence-corrected chi connectivity index (χ1v) is 5.78. The molecule has 4 heteroatoms. The number of piperazine rings is 1. The number of rotatable bonds is 2. The molecule has 1 fully saturated rings. The highest BCUT2D eigenvalue weighted by Gasteiger charge is 2.24. The fourth-order valence-electron chi connectivity index (χ4n) is 2.19. The Morgan fingerprint density at radius 2 is 2.31 bits per heavy atom. The van der Waals surface area contributed by atoms with Gasteiger partial charge in [-0.25, -0.2) is 4.98 Å². The van der Waals surface area contributed by atoms with Crippen LogP contribution in [0, 0.1) is 6.92 Å². The molecule has 1 aromatic heterocycles. The van der Waals surface area contributed by atoms with Gasteiger partial charge in [0, 0.05) is 32.4 Å². The predicted octanol–water partition coefficient (Wildman–Crippen LogP) is 0.469. The molecule has 4 nitrogen and oxygen atoms in total. The summed E-state index contributed by atoms with van der Waals surface area (Å²) in [6.45, 7) is 5.88. The van der Waals surface area contributed by atoms with Crippen molar-refractivity contribution in [3.05, 3.63) is 23.9 Å². The third kappa shape index (κ3) is 2.33. The van der Waals surface area contributed by atoms with E-state index in [4.69, 9.17) is 5.73 Å². The molecule has 0 aromatic carbocycles. The fraction of sp³-hybridized carbons (Fsp3) is 0.583. The Morgan fingerprint density at radius 1 is 1.50 bits per heavy atom. The topological polar surface area (TPSA) is 45.4 Å². The molecular weight excluding hydrogens is 200 g/mol. The Balaban J connectivity index is 2.19. The highest BCUT2D eigenvalue weighted by molar-refractivity contribution is 5.42. The molecule has 0 bridgehead atoms. The Labute approximate surface area is 97.1 Å². The van der Waals surface area contributed by atoms with Gasteiger partial charge in [0.1, 0.15) is 5.82 Å². The van der Waals surface area contributed by atoms with E-state index < -0.39 is 0 Å². The van der Waals surface area contributed by atoms with Crippen LogP contribution in [-0.4, -0.2) is 49.2 Å². The second-order valence-corrected chi connectivity index (χ2v) is 4.54. The van der Waals surface area contributed by atoms with Crippen LogP contribution in [0.1, 0.15) is 5.56 Å². The molecular formula is C12H20N4. The van der Waals surface area contributed by atoms with Gasteiger partial charge < -0.3 is 15.5 Å². The second kappa shape index (κ2) is 4.80. The fourth-order valence-corrected chi connectivity index (χ4v) is 2.19. The van der Waals surface area contributed by atoms with Gasteiger partial charge in [-0.05, 0) is 31.7 Å². The Kier molecular flexibility index (Phi) is 3.41. The monoisotopic (exact) mass is 220 g/mol. The van der Waals surface area contributed by atoms with Crippen molar-refractivity contribution in [1.29, 1.82) is 0 Å². The Bertz CT molecular complexity index is 353. The lowest BCUT2D eigenvalue weighted by Gasteiger charge is -2.40. The standard InChI is InChI=1S/C12H20N4/c1-10-3-4-14-12(7-10)16-6-5-15(2)9-11(16)8-13/h3-4,7,11H,5-6,8-9,13H2,1-2H3. The highest BCUT2D eigenvalue weighted by atomic mass is 15.3. The zero-order valence-corrected chi connectivity index (χ0v) is 10.1. The number of nitrogens with zero attached hydrogens (tertiary/aromatic N) is 3. The molecule has 1 atom stereocenters. The van der Waals surface area contributed by atoms with Crippen LogP contribution in [0.5, 0.6) is 0 Å². The zero-order valence-electron chi connectivity index (χ0n) is 10.1. The van der Waals surface area contributed by atoms with Crippen molar-refractivity contribution in [2.45, 2.75) is 13.0 Å². The van der Waals surface area contributed by atoms with E-state index in [2.05, 4.69) is 34.8 Å². The van der Waals surface area contributed by atoms with Crippen LogP contribution in [0.15, 0.2) is 18.3 Å². The lowest BCUT2D eigenvalue weighted by Crippen LogP contribution is -2.55. The van der Waals surface area contributed by atoms with Crippen LogP contribution in [0.4, 0.5) is 5.82 Å². The summed E-state index contributed by atoms with van der Waals surface area (Å²) in [5.41, 5.74) is 7.08. The molecule has 1 unspecified atom stereocenters. The van der Waals surface area contributed by atoms with Crippen LogP contribution in [-0.2, 0) is 0 Å². The van der Waals surface area contributed by atoms with E-state index in [1.165, 1.54) is 5.56 Å². The van der Waals surface area contributed by atoms with E-state index in [-0.39, 0.29) is 0 Å². The highest BCUT2D eigenvalue weighted by Crippen LogP contribution is 2.18. The number of hydrogen-bond donors (Lipinski definition) is 1. The minimum absolute atomic E-state index is 0.382. The van der Waals surface area contributed by atoms with Crippen LogP contribution in [0.2, 0.25) is 0 Å². The smallest absolute Gasteiger partial charge is 0.129 e. The lowest BCUT2D eigenvalue weighted by molar-refractivity contribution is 0.269. The molecule has 0 amide bonds. The number of pyridine rings is 1. The van der Waals surface area contributed by atoms with Gasteiger partial charge in [0.15, 0.2) is 0 Å². The SMILES string of the molecule is Cc1ccnc(N2CCN(C)CC2CN)c1. The number of likely N-dealkylation sites (N-methyl/N-ethyl adjacent to an activating group) is 1. The molecule has 2 rings (SSSR count). The molecule has 2 N–H and O–H groups in total. The average Bonchev–Trinajstić information content (AvgIpc) is 2.28. The van der Waals surface area contributed by atoms with E-state index in [9.17, 15) is 0 Å². The maximum Gasteiger partial charge on any atom is 0.129 e. The first-order valence-electron chi connectivity index (χ1n) is 5.78. The summed E-state index contributed by atoms with van der Waals surface area (Å²) in [4.78, 5) is 9.09. The van der Waals surface area contributed by atoms with E-state index >= 15 is 0 Å². The van der Waals surface area contributed by atoms with E-state index in [1.807, 2.05) is 12.3 Å². The first kappa shape index (κ1) is 11.4. The maximum absolute atomic E-state index is 5.84. The molecule has 0 radical (unpaired) electrons. The van der Waals surface area contributed by atoms with Gasteiger partial charge in [0.05, 0.1) is 6.04 Å². The van der Waals surface area contributed by atoms with Crippen LogP contribution in [0.3, 0.4) is 0 Å². The van der Waals surface area contributed by atoms with Crippen molar-refractivity contribution in [2.75, 3.05) is 38.1 Å². The molecule has 88 valence electrons. The lowest BCUT2D eigenvalue weighted by atomic mass is 10.1. The van der Waals surface area contributed by atoms with E-state index in [0.717, 1.165) is 25.5 Å². The maximum atomic E-state index is 5.84. The van der Waals surface area contributed by atoms with Crippen molar-refractivity contribution in [2.24, 2.45) is 5.73 Å². The molecule has 0 aliphatic carbocycles. The van der Waals surface area contributed by atoms with Crippen LogP contribution in [0.25, 0.3) is 0 Å². The van der Waals surface area contributed by atoms with Crippen molar-refractivity contribution < 1.29 is 0 Å². The Hall–Kier alpha value is -1.13. The molecule has 0 spiro atoms. The number of hydrogen-bond acceptors (Lipinski definition) is 4. The zero-order chi connectivity index (χ0) is 11.5. The summed E-state index contributed by atoms with van der Waals surface area (Å²) in [7, 11) is 2.14. The van der Waals surface area contributed by atoms with Crippen molar-refractivity contribution in [1.82, 2.24) is 9.88 Å². The summed E-state index contributed by atoms with van der Waals surface area (Å²) in [5, 5.41) is 0. The van der Waals surface area contributed by atoms with E-state index in [0.29, 0.717) is 12.6 Å². The summed E-state index contributed by atoms with van der Waals surface area (Å²) >= 11 is 0. The molecule has 1 aliphatic heterocycles. The summed E-state index contributed by atoms with van der Waals surface area (Å²) < 4.78 is 0. The molecule has 1 aromatic rings. The summed E-state index contributed by atoms with van der Waals surface area (Å²) in [6, 6.07) is 4.54. The van der Waals surface area contributed by atoms with Gasteiger partial charge in [-0.1, -0.05) is 0 Å². The van der Waals surface area contributed by atoms with E-state index in [1.54, 1.807) is 0 Å². The molecule has 2 heterocycles. The van der Waals surface area contributed by atoms with Crippen molar-refractivity contribution in [3.63, 3.8) is 0 Å². The summed E-state index contributed by atoms with van der Waals surface area (Å²) in [5.74, 6) is 1.06. The molecule has 1 aliphatic rings. The van der Waals surface area contributed by atoms with Crippen LogP contribution >= 0.6 is 0 Å². The average molecular weight is 220 g/mol. The van der Waals surface area contributed by atoms with Crippen molar-refractivity contribution in [3.8, 4) is 0 Å². The van der Waals surface area contributed by atoms with Gasteiger partial charge in [0.2, 0.25) is 0 Å². The first-order chi connectivity index (χ1) is 7.70. The van der Waals surface area contributed by atoms with Gasteiger partial charge in [-0.15, -0.1) is 0 Å². The quantitative estimate of drug-likeness (QED) is 0.787. The number of aromatic nitrogens is 1. The molecule has 16 heavy (non-hydrogen) atoms. The van der Waals surface area contributed by atoms with Crippen LogP contribution < -0.4 is 10.6 Å². The van der Waals surface area contributed by atoms with Crippen molar-refractivity contribution >= 4 is 5.82 Å². The second-order valence-electron chi connectivity index (χ2n) is 4.54. The molecule has 1 saturated heterocycles. The normalized spacial score (nSPS) is 22.4. The largest absolute Gasteiger partial charge is 0.350 e. The number of anilines is 1. The van der Waals surface area contributed by atoms with Gasteiger partial charge in [-0.3, -0.25) is 0 Å². The van der Waals surface area contributed by atoms with Gasteiger partial charge >= 0.3 is 0 Å².